The first-order valence-electron chi connectivity index (χ1n) is 9.81. The molecule has 0 aliphatic carbocycles. The fraction of sp³-hybridized carbons (Fsp3) is 0.304. The molecule has 2 N–H and O–H groups in total. The Morgan fingerprint density at radius 2 is 1.90 bits per heavy atom. The molecule has 0 amide bonds. The van der Waals surface area contributed by atoms with E-state index in [9.17, 15) is 0 Å². The van der Waals surface area contributed by atoms with E-state index < -0.39 is 0 Å². The number of nitrogens with one attached hydrogen (secondary N) is 2. The second kappa shape index (κ2) is 12.2. The monoisotopic (exact) mass is 519 g/mol. The lowest BCUT2D eigenvalue weighted by Gasteiger charge is -2.13. The first-order valence-corrected chi connectivity index (χ1v) is 9.81. The van der Waals surface area contributed by atoms with Crippen molar-refractivity contribution in [3.8, 4) is 5.75 Å². The Labute approximate surface area is 195 Å². The van der Waals surface area contributed by atoms with E-state index in [4.69, 9.17) is 4.74 Å². The van der Waals surface area contributed by atoms with Crippen molar-refractivity contribution < 1.29 is 4.74 Å². The lowest BCUT2D eigenvalue weighted by atomic mass is 10.1. The summed E-state index contributed by atoms with van der Waals surface area (Å²) in [6.07, 6.45) is 4.81. The van der Waals surface area contributed by atoms with E-state index in [-0.39, 0.29) is 24.0 Å². The minimum absolute atomic E-state index is 0. The molecule has 2 aromatic carbocycles. The van der Waals surface area contributed by atoms with Crippen molar-refractivity contribution in [2.45, 2.75) is 26.4 Å². The van der Waals surface area contributed by atoms with Crippen LogP contribution in [0, 0.1) is 6.92 Å². The van der Waals surface area contributed by atoms with Crippen LogP contribution < -0.4 is 15.4 Å². The van der Waals surface area contributed by atoms with Gasteiger partial charge in [0.15, 0.2) is 5.96 Å². The van der Waals surface area contributed by atoms with Crippen molar-refractivity contribution >= 4 is 29.9 Å². The minimum Gasteiger partial charge on any atom is -0.496 e. The number of guanidine groups is 1. The quantitative estimate of drug-likeness (QED) is 0.270. The zero-order chi connectivity index (χ0) is 20.5. The van der Waals surface area contributed by atoms with Gasteiger partial charge in [-0.3, -0.25) is 9.67 Å². The van der Waals surface area contributed by atoms with Crippen LogP contribution >= 0.6 is 24.0 Å². The third-order valence-electron chi connectivity index (χ3n) is 4.68. The molecule has 0 unspecified atom stereocenters. The van der Waals surface area contributed by atoms with Crippen LogP contribution in [-0.4, -0.2) is 36.4 Å². The molecular weight excluding hydrogens is 489 g/mol. The highest BCUT2D eigenvalue weighted by atomic mass is 127. The molecular formula is C23H30IN5O. The molecule has 0 radical (unpaired) electrons. The van der Waals surface area contributed by atoms with Crippen LogP contribution in [0.5, 0.6) is 5.75 Å². The smallest absolute Gasteiger partial charge is 0.191 e. The fourth-order valence-corrected chi connectivity index (χ4v) is 3.18. The Hall–Kier alpha value is -2.55. The molecule has 0 spiro atoms. The summed E-state index contributed by atoms with van der Waals surface area (Å²) in [4.78, 5) is 4.30. The fourth-order valence-electron chi connectivity index (χ4n) is 3.18. The Bertz CT molecular complexity index is 940. The maximum absolute atomic E-state index is 5.45. The molecule has 1 heterocycles. The van der Waals surface area contributed by atoms with Gasteiger partial charge in [-0.25, -0.2) is 0 Å². The molecule has 0 saturated carbocycles. The molecule has 0 atom stereocenters. The van der Waals surface area contributed by atoms with E-state index in [1.807, 2.05) is 35.1 Å². The summed E-state index contributed by atoms with van der Waals surface area (Å²) in [5.74, 6) is 1.69. The summed E-state index contributed by atoms with van der Waals surface area (Å²) in [6, 6.07) is 16.6. The van der Waals surface area contributed by atoms with Gasteiger partial charge >= 0.3 is 0 Å². The number of benzene rings is 2. The second-order valence-electron chi connectivity index (χ2n) is 6.95. The number of halogens is 1. The van der Waals surface area contributed by atoms with Gasteiger partial charge in [-0.05, 0) is 30.5 Å². The van der Waals surface area contributed by atoms with Gasteiger partial charge in [-0.1, -0.05) is 48.0 Å². The van der Waals surface area contributed by atoms with Gasteiger partial charge in [0.2, 0.25) is 0 Å². The molecule has 30 heavy (non-hydrogen) atoms. The number of nitrogens with zero attached hydrogens (tertiary/aromatic N) is 3. The van der Waals surface area contributed by atoms with Gasteiger partial charge < -0.3 is 15.4 Å². The second-order valence-corrected chi connectivity index (χ2v) is 6.95. The third-order valence-corrected chi connectivity index (χ3v) is 4.68. The number of aromatic nitrogens is 2. The normalized spacial score (nSPS) is 11.0. The first-order chi connectivity index (χ1) is 14.2. The van der Waals surface area contributed by atoms with E-state index in [1.165, 1.54) is 16.7 Å². The highest BCUT2D eigenvalue weighted by Crippen LogP contribution is 2.19. The van der Waals surface area contributed by atoms with Crippen LogP contribution in [0.1, 0.15) is 22.3 Å². The average Bonchev–Trinajstić information content (AvgIpc) is 3.18. The molecule has 3 aromatic rings. The molecule has 0 fully saturated rings. The molecule has 160 valence electrons. The zero-order valence-corrected chi connectivity index (χ0v) is 20.1. The van der Waals surface area contributed by atoms with Crippen molar-refractivity contribution in [3.05, 3.63) is 83.2 Å². The highest BCUT2D eigenvalue weighted by Gasteiger charge is 2.05. The number of methoxy groups -OCH3 is 1. The predicted molar refractivity (Wildman–Crippen MR) is 133 cm³/mol. The standard InChI is InChI=1S/C23H29N5O.HI/c1-18-9-10-22(29-3)21(13-18)11-12-25-23(24-2)26-14-20-15-27-28(17-20)16-19-7-5-4-6-8-19;/h4-10,13,15,17H,11-12,14,16H2,1-3H3,(H2,24,25,26);1H. The van der Waals surface area contributed by atoms with Crippen LogP contribution in [0.2, 0.25) is 0 Å². The predicted octanol–water partition coefficient (Wildman–Crippen LogP) is 3.77. The van der Waals surface area contributed by atoms with Crippen LogP contribution in [-0.2, 0) is 19.5 Å². The summed E-state index contributed by atoms with van der Waals surface area (Å²) in [5.41, 5.74) is 4.77. The molecule has 0 aliphatic rings. The minimum atomic E-state index is 0. The summed E-state index contributed by atoms with van der Waals surface area (Å²) in [5, 5.41) is 11.2. The topological polar surface area (TPSA) is 63.5 Å². The zero-order valence-electron chi connectivity index (χ0n) is 17.8. The summed E-state index contributed by atoms with van der Waals surface area (Å²) in [6.45, 7) is 4.30. The molecule has 0 aliphatic heterocycles. The lowest BCUT2D eigenvalue weighted by molar-refractivity contribution is 0.409. The molecule has 0 bridgehead atoms. The van der Waals surface area contributed by atoms with Gasteiger partial charge in [0.05, 0.1) is 19.9 Å². The SMILES string of the molecule is CN=C(NCCc1cc(C)ccc1OC)NCc1cnn(Cc2ccccc2)c1.I. The third kappa shape index (κ3) is 7.05. The number of rotatable bonds is 8. The van der Waals surface area contributed by atoms with E-state index in [0.29, 0.717) is 6.54 Å². The maximum Gasteiger partial charge on any atom is 0.191 e. The van der Waals surface area contributed by atoms with Crippen molar-refractivity contribution in [1.29, 1.82) is 0 Å². The first kappa shape index (κ1) is 23.7. The largest absolute Gasteiger partial charge is 0.496 e. The molecule has 7 heteroatoms. The van der Waals surface area contributed by atoms with E-state index in [0.717, 1.165) is 36.8 Å². The van der Waals surface area contributed by atoms with E-state index >= 15 is 0 Å². The number of aliphatic imine (C=N–C) groups is 1. The Balaban J connectivity index is 0.00000320. The van der Waals surface area contributed by atoms with Crippen LogP contribution in [0.25, 0.3) is 0 Å². The van der Waals surface area contributed by atoms with Crippen LogP contribution in [0.4, 0.5) is 0 Å². The number of hydrogen-bond donors (Lipinski definition) is 2. The van der Waals surface area contributed by atoms with Gasteiger partial charge in [0, 0.05) is 31.9 Å². The molecule has 0 saturated heterocycles. The lowest BCUT2D eigenvalue weighted by Crippen LogP contribution is -2.37. The summed E-state index contributed by atoms with van der Waals surface area (Å²) in [7, 11) is 3.49. The molecule has 3 rings (SSSR count). The van der Waals surface area contributed by atoms with Gasteiger partial charge in [0.1, 0.15) is 5.75 Å². The summed E-state index contributed by atoms with van der Waals surface area (Å²) < 4.78 is 7.40. The maximum atomic E-state index is 5.45. The van der Waals surface area contributed by atoms with Crippen molar-refractivity contribution in [1.82, 2.24) is 20.4 Å². The van der Waals surface area contributed by atoms with Crippen LogP contribution in [0.3, 0.4) is 0 Å². The van der Waals surface area contributed by atoms with E-state index in [2.05, 4.69) is 58.1 Å². The Morgan fingerprint density at radius 1 is 1.10 bits per heavy atom. The van der Waals surface area contributed by atoms with Gasteiger partial charge in [0.25, 0.3) is 0 Å². The van der Waals surface area contributed by atoms with Crippen molar-refractivity contribution in [2.75, 3.05) is 20.7 Å². The average molecular weight is 519 g/mol. The van der Waals surface area contributed by atoms with Crippen LogP contribution in [0.15, 0.2) is 65.9 Å². The Kier molecular flexibility index (Phi) is 9.66. The number of aryl methyl sites for hydroxylation is 1. The number of hydrogen-bond acceptors (Lipinski definition) is 3. The van der Waals surface area contributed by atoms with E-state index in [1.54, 1.807) is 14.2 Å². The molecule has 6 nitrogen and oxygen atoms in total. The Morgan fingerprint density at radius 3 is 2.63 bits per heavy atom. The number of ether oxygens (including phenoxy) is 1. The molecule has 1 aromatic heterocycles. The van der Waals surface area contributed by atoms with Crippen molar-refractivity contribution in [3.63, 3.8) is 0 Å². The summed E-state index contributed by atoms with van der Waals surface area (Å²) >= 11 is 0. The van der Waals surface area contributed by atoms with Gasteiger partial charge in [-0.2, -0.15) is 5.10 Å². The van der Waals surface area contributed by atoms with Crippen molar-refractivity contribution in [2.24, 2.45) is 4.99 Å². The van der Waals surface area contributed by atoms with Gasteiger partial charge in [-0.15, -0.1) is 24.0 Å². The highest BCUT2D eigenvalue weighted by molar-refractivity contribution is 14.0.